The number of hydrogen-bond acceptors (Lipinski definition) is 4. The predicted molar refractivity (Wildman–Crippen MR) is 107 cm³/mol. The highest BCUT2D eigenvalue weighted by molar-refractivity contribution is 6.32. The highest BCUT2D eigenvalue weighted by Crippen LogP contribution is 2.34. The summed E-state index contributed by atoms with van der Waals surface area (Å²) in [5.41, 5.74) is 0.817. The molecular weight excluding hydrogens is 433 g/mol. The van der Waals surface area contributed by atoms with Gasteiger partial charge in [0.1, 0.15) is 6.61 Å². The Morgan fingerprint density at radius 1 is 1.10 bits per heavy atom. The van der Waals surface area contributed by atoms with Crippen molar-refractivity contribution in [2.45, 2.75) is 12.8 Å². The zero-order valence-electron chi connectivity index (χ0n) is 15.8. The van der Waals surface area contributed by atoms with E-state index < -0.39 is 17.8 Å². The molecule has 2 aromatic heterocycles. The van der Waals surface area contributed by atoms with Crippen LogP contribution in [0, 0.1) is 0 Å². The highest BCUT2D eigenvalue weighted by Gasteiger charge is 2.35. The molecule has 0 aliphatic heterocycles. The molecule has 0 saturated heterocycles. The van der Waals surface area contributed by atoms with Crippen LogP contribution < -0.4 is 0 Å². The number of carbonyl (C=O) groups excluding carboxylic acids is 1. The molecule has 5 nitrogen and oxygen atoms in total. The molecule has 0 aliphatic rings. The number of halogens is 4. The van der Waals surface area contributed by atoms with E-state index in [1.54, 1.807) is 30.3 Å². The fourth-order valence-electron chi connectivity index (χ4n) is 2.92. The van der Waals surface area contributed by atoms with Gasteiger partial charge in [-0.2, -0.15) is 18.3 Å². The maximum atomic E-state index is 13.3. The second-order valence-electron chi connectivity index (χ2n) is 6.56. The molecule has 0 N–H and O–H groups in total. The van der Waals surface area contributed by atoms with Crippen LogP contribution in [0.1, 0.15) is 21.6 Å². The molecule has 0 saturated carbocycles. The van der Waals surface area contributed by atoms with E-state index in [0.29, 0.717) is 16.8 Å². The van der Waals surface area contributed by atoms with E-state index in [2.05, 4.69) is 5.10 Å². The minimum Gasteiger partial charge on any atom is -0.472 e. The van der Waals surface area contributed by atoms with Gasteiger partial charge in [-0.15, -0.1) is 0 Å². The lowest BCUT2D eigenvalue weighted by molar-refractivity contribution is -0.141. The van der Waals surface area contributed by atoms with E-state index >= 15 is 0 Å². The zero-order valence-corrected chi connectivity index (χ0v) is 16.5. The minimum atomic E-state index is -4.63. The minimum absolute atomic E-state index is 0.0469. The molecule has 4 aromatic rings. The Bertz CT molecular complexity index is 1200. The lowest BCUT2D eigenvalue weighted by Gasteiger charge is -2.10. The molecular formula is C22H14ClF3N2O3. The highest BCUT2D eigenvalue weighted by atomic mass is 35.5. The van der Waals surface area contributed by atoms with E-state index in [1.165, 1.54) is 36.8 Å². The van der Waals surface area contributed by atoms with E-state index in [4.69, 9.17) is 20.8 Å². The Balaban J connectivity index is 1.65. The normalized spacial score (nSPS) is 11.5. The number of alkyl halides is 3. The molecule has 2 aromatic carbocycles. The number of aromatic nitrogens is 2. The van der Waals surface area contributed by atoms with Crippen LogP contribution in [0.3, 0.4) is 0 Å². The van der Waals surface area contributed by atoms with Gasteiger partial charge in [-0.05, 0) is 36.4 Å². The van der Waals surface area contributed by atoms with Gasteiger partial charge in [-0.25, -0.2) is 9.48 Å². The van der Waals surface area contributed by atoms with E-state index in [-0.39, 0.29) is 22.9 Å². The SMILES string of the molecule is O=C(OCc1ccoc1)c1ccc(-c2cc(C(F)(F)F)nn2-c2ccccc2Cl)cc1. The topological polar surface area (TPSA) is 57.3 Å². The van der Waals surface area contributed by atoms with Crippen molar-refractivity contribution in [3.05, 3.63) is 95.0 Å². The fourth-order valence-corrected chi connectivity index (χ4v) is 3.13. The van der Waals surface area contributed by atoms with Crippen LogP contribution in [0.25, 0.3) is 16.9 Å². The third kappa shape index (κ3) is 4.49. The molecule has 0 aliphatic carbocycles. The zero-order chi connectivity index (χ0) is 22.0. The molecule has 0 fully saturated rings. The predicted octanol–water partition coefficient (Wildman–Crippen LogP) is 6.16. The number of para-hydroxylation sites is 1. The van der Waals surface area contributed by atoms with Gasteiger partial charge in [-0.3, -0.25) is 0 Å². The Labute approximate surface area is 179 Å². The third-order valence-electron chi connectivity index (χ3n) is 4.45. The van der Waals surface area contributed by atoms with Gasteiger partial charge in [-0.1, -0.05) is 35.9 Å². The quantitative estimate of drug-likeness (QED) is 0.344. The number of ether oxygens (including phenoxy) is 1. The second-order valence-corrected chi connectivity index (χ2v) is 6.97. The van der Waals surface area contributed by atoms with Gasteiger partial charge >= 0.3 is 12.1 Å². The van der Waals surface area contributed by atoms with Crippen molar-refractivity contribution in [2.24, 2.45) is 0 Å². The van der Waals surface area contributed by atoms with E-state index in [1.807, 2.05) is 0 Å². The maximum absolute atomic E-state index is 13.3. The standard InChI is InChI=1S/C22H14ClF3N2O3/c23-17-3-1-2-4-18(17)28-19(11-20(27-28)22(24,25)26)15-5-7-16(8-6-15)21(29)31-13-14-9-10-30-12-14/h1-12H,13H2. The summed E-state index contributed by atoms with van der Waals surface area (Å²) in [6, 6.07) is 15.1. The molecule has 0 radical (unpaired) electrons. The smallest absolute Gasteiger partial charge is 0.435 e. The monoisotopic (exact) mass is 446 g/mol. The summed E-state index contributed by atoms with van der Waals surface area (Å²) in [4.78, 5) is 12.2. The molecule has 0 bridgehead atoms. The van der Waals surface area contributed by atoms with Crippen molar-refractivity contribution < 1.29 is 27.1 Å². The number of rotatable bonds is 5. The summed E-state index contributed by atoms with van der Waals surface area (Å²) in [7, 11) is 0. The van der Waals surface area contributed by atoms with Gasteiger partial charge in [0.2, 0.25) is 0 Å². The van der Waals surface area contributed by atoms with Gasteiger partial charge in [0.15, 0.2) is 5.69 Å². The number of furan rings is 1. The van der Waals surface area contributed by atoms with Crippen LogP contribution in [0.5, 0.6) is 0 Å². The number of hydrogen-bond donors (Lipinski definition) is 0. The number of carbonyl (C=O) groups is 1. The average molecular weight is 447 g/mol. The number of esters is 1. The molecule has 9 heteroatoms. The van der Waals surface area contributed by atoms with Gasteiger partial charge < -0.3 is 9.15 Å². The number of benzene rings is 2. The Morgan fingerprint density at radius 2 is 1.84 bits per heavy atom. The Morgan fingerprint density at radius 3 is 2.48 bits per heavy atom. The summed E-state index contributed by atoms with van der Waals surface area (Å²) in [6.07, 6.45) is -1.70. The van der Waals surface area contributed by atoms with Crippen LogP contribution >= 0.6 is 11.6 Å². The molecule has 0 atom stereocenters. The summed E-state index contributed by atoms with van der Waals surface area (Å²) < 4.78 is 51.2. The van der Waals surface area contributed by atoms with Crippen LogP contribution in [0.15, 0.2) is 77.6 Å². The third-order valence-corrected chi connectivity index (χ3v) is 4.77. The summed E-state index contributed by atoms with van der Waals surface area (Å²) in [5, 5.41) is 3.96. The molecule has 0 amide bonds. The van der Waals surface area contributed by atoms with E-state index in [9.17, 15) is 18.0 Å². The molecule has 0 unspecified atom stereocenters. The average Bonchev–Trinajstić information content (AvgIpc) is 3.42. The molecule has 31 heavy (non-hydrogen) atoms. The molecule has 158 valence electrons. The largest absolute Gasteiger partial charge is 0.472 e. The molecule has 2 heterocycles. The van der Waals surface area contributed by atoms with E-state index in [0.717, 1.165) is 10.7 Å². The first-order valence-electron chi connectivity index (χ1n) is 9.04. The van der Waals surface area contributed by atoms with Gasteiger partial charge in [0.05, 0.1) is 34.5 Å². The maximum Gasteiger partial charge on any atom is 0.435 e. The second kappa shape index (κ2) is 8.31. The number of nitrogens with zero attached hydrogens (tertiary/aromatic N) is 2. The van der Waals surface area contributed by atoms with Gasteiger partial charge in [0.25, 0.3) is 0 Å². The first-order valence-corrected chi connectivity index (χ1v) is 9.41. The summed E-state index contributed by atoms with van der Waals surface area (Å²) in [5.74, 6) is -0.566. The van der Waals surface area contributed by atoms with Crippen LogP contribution in [-0.4, -0.2) is 15.7 Å². The van der Waals surface area contributed by atoms with Crippen molar-refractivity contribution >= 4 is 17.6 Å². The first-order chi connectivity index (χ1) is 14.8. The Kier molecular flexibility index (Phi) is 5.56. The fraction of sp³-hybridized carbons (Fsp3) is 0.0909. The van der Waals surface area contributed by atoms with Gasteiger partial charge in [0, 0.05) is 11.1 Å². The van der Waals surface area contributed by atoms with Crippen molar-refractivity contribution in [1.29, 1.82) is 0 Å². The van der Waals surface area contributed by atoms with Crippen molar-refractivity contribution in [2.75, 3.05) is 0 Å². The lowest BCUT2D eigenvalue weighted by atomic mass is 10.1. The Hall–Kier alpha value is -3.52. The molecule has 0 spiro atoms. The van der Waals surface area contributed by atoms with Crippen molar-refractivity contribution in [3.63, 3.8) is 0 Å². The van der Waals surface area contributed by atoms with Crippen molar-refractivity contribution in [1.82, 2.24) is 9.78 Å². The summed E-state index contributed by atoms with van der Waals surface area (Å²) in [6.45, 7) is 0.0469. The first kappa shape index (κ1) is 20.7. The summed E-state index contributed by atoms with van der Waals surface area (Å²) >= 11 is 6.18. The lowest BCUT2D eigenvalue weighted by Crippen LogP contribution is -2.07. The van der Waals surface area contributed by atoms with Crippen molar-refractivity contribution in [3.8, 4) is 16.9 Å². The van der Waals surface area contributed by atoms with Crippen LogP contribution in [0.4, 0.5) is 13.2 Å². The van der Waals surface area contributed by atoms with Crippen LogP contribution in [0.2, 0.25) is 5.02 Å². The molecule has 4 rings (SSSR count). The van der Waals surface area contributed by atoms with Crippen LogP contribution in [-0.2, 0) is 17.5 Å².